The highest BCUT2D eigenvalue weighted by atomic mass is 14.6. The van der Waals surface area contributed by atoms with Gasteiger partial charge in [-0.15, -0.1) is 0 Å². The van der Waals surface area contributed by atoms with Gasteiger partial charge in [0, 0.05) is 11.4 Å². The van der Waals surface area contributed by atoms with E-state index in [2.05, 4.69) is 52.0 Å². The Morgan fingerprint density at radius 1 is 0.471 bits per heavy atom. The molecule has 0 atom stereocenters. The molecule has 0 aromatic heterocycles. The van der Waals surface area contributed by atoms with Crippen molar-refractivity contribution in [2.75, 3.05) is 11.5 Å². The number of rotatable bonds is 17. The number of nitrogen functional groups attached to an aromatic ring is 2. The van der Waals surface area contributed by atoms with Crippen molar-refractivity contribution in [3.05, 3.63) is 46.5 Å². The molecule has 0 aliphatic heterocycles. The average molecular weight is 465 g/mol. The van der Waals surface area contributed by atoms with Crippen LogP contribution in [0.1, 0.15) is 127 Å². The van der Waals surface area contributed by atoms with Crippen LogP contribution < -0.4 is 11.5 Å². The van der Waals surface area contributed by atoms with Crippen LogP contribution in [-0.2, 0) is 25.7 Å². The summed E-state index contributed by atoms with van der Waals surface area (Å²) in [6, 6.07) is 8.65. The minimum absolute atomic E-state index is 0.839. The topological polar surface area (TPSA) is 52.0 Å². The maximum Gasteiger partial charge on any atom is 0.0385 e. The lowest BCUT2D eigenvalue weighted by molar-refractivity contribution is 0.681. The zero-order chi connectivity index (χ0) is 24.8. The predicted molar refractivity (Wildman–Crippen MR) is 154 cm³/mol. The van der Waals surface area contributed by atoms with Crippen molar-refractivity contribution in [3.63, 3.8) is 0 Å². The summed E-state index contributed by atoms with van der Waals surface area (Å²) in [5, 5.41) is 0. The van der Waals surface area contributed by atoms with Crippen molar-refractivity contribution in [1.29, 1.82) is 0 Å². The van der Waals surface area contributed by atoms with Gasteiger partial charge in [-0.1, -0.05) is 91.2 Å². The normalized spacial score (nSPS) is 11.3. The van der Waals surface area contributed by atoms with Gasteiger partial charge in [0.25, 0.3) is 0 Å². The average Bonchev–Trinajstić information content (AvgIpc) is 2.83. The zero-order valence-electron chi connectivity index (χ0n) is 22.8. The van der Waals surface area contributed by atoms with Crippen LogP contribution in [0.3, 0.4) is 0 Å². The van der Waals surface area contributed by atoms with E-state index in [-0.39, 0.29) is 0 Å². The molecule has 0 unspecified atom stereocenters. The lowest BCUT2D eigenvalue weighted by Crippen LogP contribution is -2.12. The van der Waals surface area contributed by atoms with Crippen LogP contribution in [0.2, 0.25) is 0 Å². The summed E-state index contributed by atoms with van der Waals surface area (Å²) in [4.78, 5) is 0. The first-order valence-electron chi connectivity index (χ1n) is 14.4. The Balaban J connectivity index is 2.74. The molecule has 2 heteroatoms. The third-order valence-electron chi connectivity index (χ3n) is 7.30. The van der Waals surface area contributed by atoms with E-state index in [1.807, 2.05) is 0 Å². The number of nitrogens with two attached hydrogens (primary N) is 2. The summed E-state index contributed by atoms with van der Waals surface area (Å²) in [5.41, 5.74) is 24.0. The molecule has 190 valence electrons. The first kappa shape index (κ1) is 28.3. The second-order valence-corrected chi connectivity index (χ2v) is 10.2. The Hall–Kier alpha value is -1.96. The monoisotopic (exact) mass is 464 g/mol. The molecule has 2 rings (SSSR count). The third kappa shape index (κ3) is 8.07. The lowest BCUT2D eigenvalue weighted by Gasteiger charge is -2.26. The van der Waals surface area contributed by atoms with E-state index in [1.165, 1.54) is 110 Å². The van der Waals surface area contributed by atoms with Crippen molar-refractivity contribution in [3.8, 4) is 11.1 Å². The van der Waals surface area contributed by atoms with Gasteiger partial charge in [-0.3, -0.25) is 0 Å². The highest BCUT2D eigenvalue weighted by molar-refractivity contribution is 5.80. The maximum atomic E-state index is 7.11. The summed E-state index contributed by atoms with van der Waals surface area (Å²) >= 11 is 0. The minimum Gasteiger partial charge on any atom is -0.399 e. The second kappa shape index (κ2) is 15.8. The maximum absolute atomic E-state index is 7.11. The molecular formula is C32H52N2. The van der Waals surface area contributed by atoms with Gasteiger partial charge in [0.1, 0.15) is 0 Å². The second-order valence-electron chi connectivity index (χ2n) is 10.2. The summed E-state index contributed by atoms with van der Waals surface area (Å²) in [6.07, 6.45) is 19.5. The fourth-order valence-electron chi connectivity index (χ4n) is 5.32. The summed E-state index contributed by atoms with van der Waals surface area (Å²) in [5.74, 6) is 0. The Bertz CT molecular complexity index is 790. The fourth-order valence-corrected chi connectivity index (χ4v) is 5.32. The van der Waals surface area contributed by atoms with Gasteiger partial charge in [0.15, 0.2) is 0 Å². The molecule has 0 bridgehead atoms. The largest absolute Gasteiger partial charge is 0.399 e. The first-order chi connectivity index (χ1) is 16.6. The van der Waals surface area contributed by atoms with Crippen LogP contribution in [0.4, 0.5) is 11.4 Å². The number of hydrogen-bond acceptors (Lipinski definition) is 2. The molecule has 0 aliphatic rings. The number of unbranched alkanes of at least 4 members (excludes halogenated alkanes) is 8. The highest BCUT2D eigenvalue weighted by Crippen LogP contribution is 2.41. The predicted octanol–water partition coefficient (Wildman–Crippen LogP) is 9.45. The number of hydrogen-bond donors (Lipinski definition) is 2. The van der Waals surface area contributed by atoms with Crippen LogP contribution in [0, 0.1) is 0 Å². The van der Waals surface area contributed by atoms with Crippen LogP contribution in [0.25, 0.3) is 11.1 Å². The van der Waals surface area contributed by atoms with Crippen molar-refractivity contribution < 1.29 is 0 Å². The Morgan fingerprint density at radius 3 is 1.18 bits per heavy atom. The molecule has 0 radical (unpaired) electrons. The third-order valence-corrected chi connectivity index (χ3v) is 7.30. The van der Waals surface area contributed by atoms with E-state index in [9.17, 15) is 0 Å². The van der Waals surface area contributed by atoms with Crippen LogP contribution in [0.5, 0.6) is 0 Å². The lowest BCUT2D eigenvalue weighted by atomic mass is 9.79. The minimum atomic E-state index is 0.839. The van der Waals surface area contributed by atoms with E-state index in [0.717, 1.165) is 37.1 Å². The van der Waals surface area contributed by atoms with Crippen molar-refractivity contribution in [1.82, 2.24) is 0 Å². The molecule has 2 aromatic carbocycles. The van der Waals surface area contributed by atoms with Gasteiger partial charge in [-0.2, -0.15) is 0 Å². The van der Waals surface area contributed by atoms with Gasteiger partial charge in [0.2, 0.25) is 0 Å². The molecule has 2 aromatic rings. The molecule has 0 heterocycles. The fraction of sp³-hybridized carbons (Fsp3) is 0.625. The van der Waals surface area contributed by atoms with Crippen LogP contribution in [0.15, 0.2) is 24.3 Å². The van der Waals surface area contributed by atoms with Crippen molar-refractivity contribution in [2.24, 2.45) is 0 Å². The number of benzene rings is 2. The zero-order valence-corrected chi connectivity index (χ0v) is 22.8. The van der Waals surface area contributed by atoms with E-state index < -0.39 is 0 Å². The summed E-state index contributed by atoms with van der Waals surface area (Å²) < 4.78 is 0. The van der Waals surface area contributed by atoms with Gasteiger partial charge in [-0.05, 0) is 96.9 Å². The smallest absolute Gasteiger partial charge is 0.0385 e. The van der Waals surface area contributed by atoms with Crippen LogP contribution >= 0.6 is 0 Å². The highest BCUT2D eigenvalue weighted by Gasteiger charge is 2.22. The van der Waals surface area contributed by atoms with Crippen molar-refractivity contribution in [2.45, 2.75) is 130 Å². The van der Waals surface area contributed by atoms with Gasteiger partial charge in [0.05, 0.1) is 0 Å². The van der Waals surface area contributed by atoms with Crippen LogP contribution in [-0.4, -0.2) is 0 Å². The molecule has 0 aliphatic carbocycles. The molecule has 0 saturated carbocycles. The molecule has 4 N–H and O–H groups in total. The Kier molecular flexibility index (Phi) is 13.2. The Morgan fingerprint density at radius 2 is 0.824 bits per heavy atom. The van der Waals surface area contributed by atoms with E-state index >= 15 is 0 Å². The molecule has 0 amide bonds. The number of anilines is 2. The summed E-state index contributed by atoms with van der Waals surface area (Å²) in [7, 11) is 0. The summed E-state index contributed by atoms with van der Waals surface area (Å²) in [6.45, 7) is 9.17. The first-order valence-corrected chi connectivity index (χ1v) is 14.4. The van der Waals surface area contributed by atoms with E-state index in [1.54, 1.807) is 0 Å². The molecule has 2 nitrogen and oxygen atoms in total. The Labute approximate surface area is 210 Å². The molecule has 34 heavy (non-hydrogen) atoms. The van der Waals surface area contributed by atoms with Crippen molar-refractivity contribution >= 4 is 11.4 Å². The van der Waals surface area contributed by atoms with Gasteiger partial charge in [-0.25, -0.2) is 0 Å². The molecule has 0 spiro atoms. The van der Waals surface area contributed by atoms with E-state index in [4.69, 9.17) is 11.5 Å². The SMILES string of the molecule is CCCCCc1c(N)c(CCCCC)c(CCCCC)c(-c2ccc(N)cc2)c1CCCCC. The molecular weight excluding hydrogens is 412 g/mol. The quantitative estimate of drug-likeness (QED) is 0.181. The molecule has 0 fully saturated rings. The van der Waals surface area contributed by atoms with E-state index in [0.29, 0.717) is 0 Å². The molecule has 0 saturated heterocycles. The standard InChI is InChI=1S/C32H52N2/c1-5-9-13-17-27-29(19-15-11-7-3)32(34)30(20-16-12-8-4)28(18-14-10-6-2)31(27)25-21-23-26(33)24-22-25/h21-24H,5-20,33-34H2,1-4H3. The van der Waals surface area contributed by atoms with Gasteiger partial charge < -0.3 is 11.5 Å². The van der Waals surface area contributed by atoms with Gasteiger partial charge >= 0.3 is 0 Å².